The second-order valence-electron chi connectivity index (χ2n) is 5.25. The van der Waals surface area contributed by atoms with Gasteiger partial charge in [-0.3, -0.25) is 0 Å². The number of carboxylic acid groups (broad SMARTS) is 1. The van der Waals surface area contributed by atoms with E-state index < -0.39 is 11.5 Å². The molecule has 3 N–H and O–H groups in total. The predicted octanol–water partition coefficient (Wildman–Crippen LogP) is 2.71. The largest absolute Gasteiger partial charge is 0.480 e. The van der Waals surface area contributed by atoms with Gasteiger partial charge >= 0.3 is 5.97 Å². The molecule has 0 radical (unpaired) electrons. The SMILES string of the molecule is CC(CCCCCC=O)C(N)(C(=O)O)c1ccccc1. The van der Waals surface area contributed by atoms with Crippen molar-refractivity contribution in [1.29, 1.82) is 0 Å². The highest BCUT2D eigenvalue weighted by atomic mass is 16.4. The standard InChI is InChI=1S/C16H23NO3/c1-13(9-5-2-3-8-12-18)16(17,15(19)20)14-10-6-4-7-11-14/h4,6-7,10-13H,2-3,5,8-9,17H2,1H3,(H,19,20). The Morgan fingerprint density at radius 1 is 1.30 bits per heavy atom. The third-order valence-electron chi connectivity index (χ3n) is 3.84. The molecule has 1 aromatic rings. The van der Waals surface area contributed by atoms with E-state index >= 15 is 0 Å². The molecule has 0 saturated heterocycles. The zero-order valence-electron chi connectivity index (χ0n) is 11.9. The first-order chi connectivity index (χ1) is 9.53. The summed E-state index contributed by atoms with van der Waals surface area (Å²) < 4.78 is 0. The number of carboxylic acids is 1. The number of carbonyl (C=O) groups is 2. The van der Waals surface area contributed by atoms with Crippen LogP contribution in [0, 0.1) is 5.92 Å². The van der Waals surface area contributed by atoms with Crippen LogP contribution in [-0.4, -0.2) is 17.4 Å². The topological polar surface area (TPSA) is 80.4 Å². The van der Waals surface area contributed by atoms with Crippen LogP contribution in [0.5, 0.6) is 0 Å². The zero-order chi connectivity index (χ0) is 15.0. The van der Waals surface area contributed by atoms with Crippen LogP contribution in [-0.2, 0) is 15.1 Å². The Bertz CT molecular complexity index is 433. The molecule has 110 valence electrons. The van der Waals surface area contributed by atoms with Crippen LogP contribution in [0.15, 0.2) is 30.3 Å². The van der Waals surface area contributed by atoms with Crippen molar-refractivity contribution in [3.63, 3.8) is 0 Å². The molecule has 0 aromatic heterocycles. The highest BCUT2D eigenvalue weighted by molar-refractivity contribution is 5.80. The molecular formula is C16H23NO3. The Morgan fingerprint density at radius 2 is 1.95 bits per heavy atom. The molecule has 0 spiro atoms. The smallest absolute Gasteiger partial charge is 0.328 e. The van der Waals surface area contributed by atoms with Gasteiger partial charge in [-0.25, -0.2) is 4.79 Å². The van der Waals surface area contributed by atoms with Crippen molar-refractivity contribution in [3.05, 3.63) is 35.9 Å². The van der Waals surface area contributed by atoms with E-state index in [1.165, 1.54) is 0 Å². The molecular weight excluding hydrogens is 254 g/mol. The van der Waals surface area contributed by atoms with Crippen LogP contribution >= 0.6 is 0 Å². The average molecular weight is 277 g/mol. The maximum Gasteiger partial charge on any atom is 0.328 e. The molecule has 4 heteroatoms. The fourth-order valence-electron chi connectivity index (χ4n) is 2.42. The fraction of sp³-hybridized carbons (Fsp3) is 0.500. The van der Waals surface area contributed by atoms with Crippen molar-refractivity contribution in [3.8, 4) is 0 Å². The number of hydrogen-bond donors (Lipinski definition) is 2. The molecule has 0 aliphatic carbocycles. The maximum absolute atomic E-state index is 11.6. The van der Waals surface area contributed by atoms with Crippen molar-refractivity contribution in [2.45, 2.75) is 44.6 Å². The normalized spacial score (nSPS) is 15.3. The molecule has 2 atom stereocenters. The second-order valence-corrected chi connectivity index (χ2v) is 5.25. The predicted molar refractivity (Wildman–Crippen MR) is 78.3 cm³/mol. The molecule has 0 amide bonds. The number of aliphatic carboxylic acids is 1. The van der Waals surface area contributed by atoms with Crippen LogP contribution in [0.4, 0.5) is 0 Å². The summed E-state index contributed by atoms with van der Waals surface area (Å²) in [6.07, 6.45) is 4.88. The first-order valence-corrected chi connectivity index (χ1v) is 7.05. The summed E-state index contributed by atoms with van der Waals surface area (Å²) >= 11 is 0. The van der Waals surface area contributed by atoms with Crippen LogP contribution in [0.25, 0.3) is 0 Å². The highest BCUT2D eigenvalue weighted by Crippen LogP contribution is 2.31. The summed E-state index contributed by atoms with van der Waals surface area (Å²) in [6, 6.07) is 8.97. The van der Waals surface area contributed by atoms with Crippen LogP contribution in [0.2, 0.25) is 0 Å². The van der Waals surface area contributed by atoms with E-state index in [9.17, 15) is 14.7 Å². The van der Waals surface area contributed by atoms with E-state index in [2.05, 4.69) is 0 Å². The minimum Gasteiger partial charge on any atom is -0.480 e. The van der Waals surface area contributed by atoms with Gasteiger partial charge in [0, 0.05) is 6.42 Å². The van der Waals surface area contributed by atoms with Gasteiger partial charge in [0.1, 0.15) is 11.8 Å². The third kappa shape index (κ3) is 3.90. The fourth-order valence-corrected chi connectivity index (χ4v) is 2.42. The summed E-state index contributed by atoms with van der Waals surface area (Å²) in [5.74, 6) is -1.16. The van der Waals surface area contributed by atoms with E-state index in [-0.39, 0.29) is 5.92 Å². The van der Waals surface area contributed by atoms with Gasteiger partial charge in [-0.15, -0.1) is 0 Å². The van der Waals surface area contributed by atoms with Gasteiger partial charge in [0.15, 0.2) is 0 Å². The molecule has 0 fully saturated rings. The molecule has 1 rings (SSSR count). The molecule has 0 bridgehead atoms. The number of benzene rings is 1. The van der Waals surface area contributed by atoms with Crippen LogP contribution in [0.3, 0.4) is 0 Å². The number of aldehydes is 1. The Balaban J connectivity index is 2.70. The lowest BCUT2D eigenvalue weighted by atomic mass is 9.77. The molecule has 0 saturated carbocycles. The summed E-state index contributed by atoms with van der Waals surface area (Å²) in [6.45, 7) is 1.88. The van der Waals surface area contributed by atoms with Crippen molar-refractivity contribution in [2.24, 2.45) is 11.7 Å². The van der Waals surface area contributed by atoms with Gasteiger partial charge in [-0.2, -0.15) is 0 Å². The lowest BCUT2D eigenvalue weighted by Crippen LogP contribution is -2.50. The molecule has 1 aromatic carbocycles. The lowest BCUT2D eigenvalue weighted by molar-refractivity contribution is -0.146. The summed E-state index contributed by atoms with van der Waals surface area (Å²) in [5, 5.41) is 9.53. The number of nitrogens with two attached hydrogens (primary N) is 1. The lowest BCUT2D eigenvalue weighted by Gasteiger charge is -2.32. The van der Waals surface area contributed by atoms with E-state index in [4.69, 9.17) is 5.73 Å². The minimum absolute atomic E-state index is 0.168. The van der Waals surface area contributed by atoms with Crippen molar-refractivity contribution >= 4 is 12.3 Å². The highest BCUT2D eigenvalue weighted by Gasteiger charge is 2.41. The van der Waals surface area contributed by atoms with Gasteiger partial charge in [-0.1, -0.05) is 50.1 Å². The van der Waals surface area contributed by atoms with E-state index in [1.54, 1.807) is 24.3 Å². The molecule has 20 heavy (non-hydrogen) atoms. The maximum atomic E-state index is 11.6. The van der Waals surface area contributed by atoms with E-state index in [0.29, 0.717) is 12.0 Å². The first-order valence-electron chi connectivity index (χ1n) is 7.05. The van der Waals surface area contributed by atoms with Crippen LogP contribution in [0.1, 0.15) is 44.6 Å². The Labute approximate surface area is 120 Å². The minimum atomic E-state index is -1.36. The number of rotatable bonds is 9. The summed E-state index contributed by atoms with van der Waals surface area (Å²) in [7, 11) is 0. The summed E-state index contributed by atoms with van der Waals surface area (Å²) in [5.41, 5.74) is 5.47. The Kier molecular flexibility index (Phi) is 6.39. The number of carbonyl (C=O) groups excluding carboxylic acids is 1. The average Bonchev–Trinajstić information content (AvgIpc) is 2.46. The van der Waals surface area contributed by atoms with Crippen molar-refractivity contribution < 1.29 is 14.7 Å². The monoisotopic (exact) mass is 277 g/mol. The first kappa shape index (κ1) is 16.4. The molecule has 0 aliphatic heterocycles. The molecule has 2 unspecified atom stereocenters. The second kappa shape index (κ2) is 7.80. The Morgan fingerprint density at radius 3 is 2.50 bits per heavy atom. The van der Waals surface area contributed by atoms with E-state index in [1.807, 2.05) is 13.0 Å². The molecule has 0 aliphatic rings. The van der Waals surface area contributed by atoms with Gasteiger partial charge in [0.05, 0.1) is 0 Å². The van der Waals surface area contributed by atoms with Gasteiger partial charge in [0.2, 0.25) is 0 Å². The zero-order valence-corrected chi connectivity index (χ0v) is 11.9. The van der Waals surface area contributed by atoms with Crippen LogP contribution < -0.4 is 5.73 Å². The quantitative estimate of drug-likeness (QED) is 0.537. The summed E-state index contributed by atoms with van der Waals surface area (Å²) in [4.78, 5) is 21.9. The molecule has 0 heterocycles. The van der Waals surface area contributed by atoms with E-state index in [0.717, 1.165) is 32.0 Å². The van der Waals surface area contributed by atoms with Gasteiger partial charge in [-0.05, 0) is 24.3 Å². The van der Waals surface area contributed by atoms with Crippen molar-refractivity contribution in [1.82, 2.24) is 0 Å². The Hall–Kier alpha value is -1.68. The van der Waals surface area contributed by atoms with Crippen molar-refractivity contribution in [2.75, 3.05) is 0 Å². The number of hydrogen-bond acceptors (Lipinski definition) is 3. The third-order valence-corrected chi connectivity index (χ3v) is 3.84. The van der Waals surface area contributed by atoms with Gasteiger partial charge in [0.25, 0.3) is 0 Å². The molecule has 4 nitrogen and oxygen atoms in total. The van der Waals surface area contributed by atoms with Gasteiger partial charge < -0.3 is 15.6 Å². The number of unbranched alkanes of at least 4 members (excludes halogenated alkanes) is 3.